The predicted molar refractivity (Wildman–Crippen MR) is 75.4 cm³/mol. The van der Waals surface area contributed by atoms with E-state index in [0.29, 0.717) is 11.9 Å². The Balaban J connectivity index is 2.22. The van der Waals surface area contributed by atoms with Gasteiger partial charge in [0.2, 0.25) is 17.8 Å². The third-order valence-electron chi connectivity index (χ3n) is 3.44. The summed E-state index contributed by atoms with van der Waals surface area (Å²) in [7, 11) is 1.73. The van der Waals surface area contributed by atoms with Gasteiger partial charge in [0.15, 0.2) is 0 Å². The summed E-state index contributed by atoms with van der Waals surface area (Å²) < 4.78 is 5.36. The Morgan fingerprint density at radius 2 is 2.05 bits per heavy atom. The van der Waals surface area contributed by atoms with Gasteiger partial charge in [-0.25, -0.2) is 0 Å². The van der Waals surface area contributed by atoms with Crippen molar-refractivity contribution in [1.29, 1.82) is 0 Å². The molecule has 106 valence electrons. The van der Waals surface area contributed by atoms with Gasteiger partial charge >= 0.3 is 0 Å². The lowest BCUT2D eigenvalue weighted by atomic mass is 10.3. The van der Waals surface area contributed by atoms with Gasteiger partial charge in [0, 0.05) is 33.3 Å². The van der Waals surface area contributed by atoms with E-state index in [4.69, 9.17) is 10.5 Å². The fourth-order valence-electron chi connectivity index (χ4n) is 2.26. The van der Waals surface area contributed by atoms with Gasteiger partial charge in [0.1, 0.15) is 0 Å². The molecule has 1 atom stereocenters. The largest absolute Gasteiger partial charge is 0.380 e. The second-order valence-electron chi connectivity index (χ2n) is 4.56. The van der Waals surface area contributed by atoms with Crippen LogP contribution in [0.25, 0.3) is 0 Å². The topological polar surface area (TPSA) is 80.4 Å². The van der Waals surface area contributed by atoms with Crippen molar-refractivity contribution < 1.29 is 4.74 Å². The van der Waals surface area contributed by atoms with Crippen molar-refractivity contribution >= 4 is 17.8 Å². The van der Waals surface area contributed by atoms with Crippen molar-refractivity contribution in [3.8, 4) is 0 Å². The van der Waals surface area contributed by atoms with Crippen LogP contribution in [0.5, 0.6) is 0 Å². The maximum Gasteiger partial charge on any atom is 0.232 e. The average molecular weight is 266 g/mol. The smallest absolute Gasteiger partial charge is 0.232 e. The number of ether oxygens (including phenoxy) is 1. The normalized spacial score (nSPS) is 18.9. The highest BCUT2D eigenvalue weighted by molar-refractivity contribution is 5.44. The van der Waals surface area contributed by atoms with Crippen LogP contribution >= 0.6 is 0 Å². The maximum absolute atomic E-state index is 5.79. The van der Waals surface area contributed by atoms with Crippen molar-refractivity contribution in [2.24, 2.45) is 0 Å². The van der Waals surface area contributed by atoms with E-state index in [1.165, 1.54) is 0 Å². The Morgan fingerprint density at radius 1 is 1.32 bits per heavy atom. The van der Waals surface area contributed by atoms with Gasteiger partial charge in [-0.05, 0) is 20.3 Å². The van der Waals surface area contributed by atoms with Crippen LogP contribution in [0, 0.1) is 0 Å². The molecule has 2 rings (SSSR count). The zero-order chi connectivity index (χ0) is 13.8. The molecule has 2 N–H and O–H groups in total. The van der Waals surface area contributed by atoms with Crippen LogP contribution in [-0.4, -0.2) is 54.3 Å². The Hall–Kier alpha value is -1.63. The van der Waals surface area contributed by atoms with Crippen molar-refractivity contribution in [2.45, 2.75) is 26.4 Å². The standard InChI is InChI=1S/C12H22N6O/c1-4-17(5-2)11-14-10(13)15-12(16-11)18-7-6-9(8-18)19-3/h9H,4-8H2,1-3H3,(H2,13,14,15,16). The van der Waals surface area contributed by atoms with E-state index in [0.717, 1.165) is 32.6 Å². The lowest BCUT2D eigenvalue weighted by Crippen LogP contribution is -2.28. The monoisotopic (exact) mass is 266 g/mol. The van der Waals surface area contributed by atoms with E-state index in [1.54, 1.807) is 7.11 Å². The molecule has 1 fully saturated rings. The van der Waals surface area contributed by atoms with Crippen LogP contribution in [0.4, 0.5) is 17.8 Å². The molecule has 0 spiro atoms. The summed E-state index contributed by atoms with van der Waals surface area (Å²) in [6.07, 6.45) is 1.23. The highest BCUT2D eigenvalue weighted by Gasteiger charge is 2.25. The van der Waals surface area contributed by atoms with Crippen molar-refractivity contribution in [2.75, 3.05) is 48.8 Å². The summed E-state index contributed by atoms with van der Waals surface area (Å²) in [6, 6.07) is 0. The number of methoxy groups -OCH3 is 1. The van der Waals surface area contributed by atoms with Crippen LogP contribution in [0.1, 0.15) is 20.3 Å². The highest BCUT2D eigenvalue weighted by atomic mass is 16.5. The van der Waals surface area contributed by atoms with Crippen LogP contribution in [-0.2, 0) is 4.74 Å². The number of aromatic nitrogens is 3. The van der Waals surface area contributed by atoms with E-state index >= 15 is 0 Å². The molecule has 0 saturated carbocycles. The first-order chi connectivity index (χ1) is 9.17. The zero-order valence-corrected chi connectivity index (χ0v) is 11.8. The molecule has 0 aliphatic carbocycles. The molecule has 7 heteroatoms. The fourth-order valence-corrected chi connectivity index (χ4v) is 2.26. The summed E-state index contributed by atoms with van der Waals surface area (Å²) in [5.74, 6) is 1.56. The molecule has 0 aromatic carbocycles. The number of nitrogen functional groups attached to an aromatic ring is 1. The van der Waals surface area contributed by atoms with Crippen molar-refractivity contribution in [1.82, 2.24) is 15.0 Å². The molecule has 0 amide bonds. The summed E-state index contributed by atoms with van der Waals surface area (Å²) >= 11 is 0. The number of hydrogen-bond donors (Lipinski definition) is 1. The lowest BCUT2D eigenvalue weighted by molar-refractivity contribution is 0.121. The molecule has 7 nitrogen and oxygen atoms in total. The van der Waals surface area contributed by atoms with E-state index < -0.39 is 0 Å². The molecule has 0 bridgehead atoms. The Kier molecular flexibility index (Phi) is 4.36. The lowest BCUT2D eigenvalue weighted by Gasteiger charge is -2.21. The summed E-state index contributed by atoms with van der Waals surface area (Å²) in [6.45, 7) is 7.53. The fraction of sp³-hybridized carbons (Fsp3) is 0.750. The first-order valence-corrected chi connectivity index (χ1v) is 6.72. The third kappa shape index (κ3) is 3.04. The minimum Gasteiger partial charge on any atom is -0.380 e. The molecule has 1 aliphatic heterocycles. The summed E-state index contributed by atoms with van der Waals surface area (Å²) in [5, 5.41) is 0. The minimum absolute atomic E-state index is 0.245. The van der Waals surface area contributed by atoms with Crippen LogP contribution in [0.3, 0.4) is 0 Å². The molecular weight excluding hydrogens is 244 g/mol. The summed E-state index contributed by atoms with van der Waals surface area (Å²) in [5.41, 5.74) is 5.79. The van der Waals surface area contributed by atoms with Crippen molar-refractivity contribution in [3.05, 3.63) is 0 Å². The van der Waals surface area contributed by atoms with E-state index in [2.05, 4.69) is 38.6 Å². The minimum atomic E-state index is 0.245. The molecule has 1 aromatic heterocycles. The number of nitrogens with zero attached hydrogens (tertiary/aromatic N) is 5. The average Bonchev–Trinajstić information content (AvgIpc) is 2.88. The van der Waals surface area contributed by atoms with Crippen molar-refractivity contribution in [3.63, 3.8) is 0 Å². The third-order valence-corrected chi connectivity index (χ3v) is 3.44. The number of anilines is 3. The van der Waals surface area contributed by atoms with Crippen LogP contribution in [0.2, 0.25) is 0 Å². The second kappa shape index (κ2) is 6.01. The molecule has 1 saturated heterocycles. The Labute approximate surface area is 113 Å². The predicted octanol–water partition coefficient (Wildman–Crippen LogP) is 0.525. The molecule has 19 heavy (non-hydrogen) atoms. The van der Waals surface area contributed by atoms with E-state index in [9.17, 15) is 0 Å². The van der Waals surface area contributed by atoms with Gasteiger partial charge in [-0.1, -0.05) is 0 Å². The summed E-state index contributed by atoms with van der Waals surface area (Å²) in [4.78, 5) is 17.1. The number of hydrogen-bond acceptors (Lipinski definition) is 7. The molecule has 0 radical (unpaired) electrons. The number of nitrogens with two attached hydrogens (primary N) is 1. The molecule has 1 aromatic rings. The highest BCUT2D eigenvalue weighted by Crippen LogP contribution is 2.20. The van der Waals surface area contributed by atoms with E-state index in [-0.39, 0.29) is 12.1 Å². The van der Waals surface area contributed by atoms with Crippen LogP contribution < -0.4 is 15.5 Å². The maximum atomic E-state index is 5.79. The molecular formula is C12H22N6O. The van der Waals surface area contributed by atoms with Gasteiger partial charge < -0.3 is 20.3 Å². The Morgan fingerprint density at radius 3 is 2.63 bits per heavy atom. The van der Waals surface area contributed by atoms with Gasteiger partial charge in [0.05, 0.1) is 6.10 Å². The molecule has 2 heterocycles. The van der Waals surface area contributed by atoms with Gasteiger partial charge in [-0.2, -0.15) is 15.0 Å². The quantitative estimate of drug-likeness (QED) is 0.832. The van der Waals surface area contributed by atoms with Gasteiger partial charge in [0.25, 0.3) is 0 Å². The van der Waals surface area contributed by atoms with Crippen LogP contribution in [0.15, 0.2) is 0 Å². The number of rotatable bonds is 5. The van der Waals surface area contributed by atoms with Gasteiger partial charge in [-0.15, -0.1) is 0 Å². The first-order valence-electron chi connectivity index (χ1n) is 6.72. The Bertz CT molecular complexity index is 423. The zero-order valence-electron chi connectivity index (χ0n) is 11.8. The van der Waals surface area contributed by atoms with E-state index in [1.807, 2.05) is 0 Å². The molecule has 1 unspecified atom stereocenters. The SMILES string of the molecule is CCN(CC)c1nc(N)nc(N2CCC(OC)C2)n1. The van der Waals surface area contributed by atoms with Gasteiger partial charge in [-0.3, -0.25) is 0 Å². The molecule has 1 aliphatic rings. The first kappa shape index (κ1) is 13.8. The second-order valence-corrected chi connectivity index (χ2v) is 4.56.